The minimum absolute atomic E-state index is 0.0665. The number of carbonyl (C=O) groups is 1. The highest BCUT2D eigenvalue weighted by Crippen LogP contribution is 2.24. The van der Waals surface area contributed by atoms with Gasteiger partial charge in [0.2, 0.25) is 15.9 Å². The first-order valence-corrected chi connectivity index (χ1v) is 13.1. The van der Waals surface area contributed by atoms with Gasteiger partial charge in [0, 0.05) is 32.7 Å². The first-order valence-electron chi connectivity index (χ1n) is 11.5. The fourth-order valence-electron chi connectivity index (χ4n) is 4.14. The molecular weight excluding hydrogens is 460 g/mol. The lowest BCUT2D eigenvalue weighted by atomic mass is 10.00. The van der Waals surface area contributed by atoms with Crippen molar-refractivity contribution in [1.82, 2.24) is 14.5 Å². The lowest BCUT2D eigenvalue weighted by Gasteiger charge is -2.33. The molecule has 0 saturated carbocycles. The maximum absolute atomic E-state index is 13.0. The van der Waals surface area contributed by atoms with E-state index in [-0.39, 0.29) is 18.2 Å². The monoisotopic (exact) mass is 488 g/mol. The molecule has 0 aromatic heterocycles. The van der Waals surface area contributed by atoms with Crippen LogP contribution >= 0.6 is 0 Å². The summed E-state index contributed by atoms with van der Waals surface area (Å²) in [6, 6.07) is 26.6. The van der Waals surface area contributed by atoms with Gasteiger partial charge in [0.1, 0.15) is 0 Å². The maximum atomic E-state index is 13.0. The van der Waals surface area contributed by atoms with Crippen LogP contribution in [0.5, 0.6) is 0 Å². The third-order valence-electron chi connectivity index (χ3n) is 6.09. The van der Waals surface area contributed by atoms with Crippen LogP contribution in [0.4, 0.5) is 0 Å². The van der Waals surface area contributed by atoms with Gasteiger partial charge in [-0.15, -0.1) is 0 Å². The first-order chi connectivity index (χ1) is 16.9. The van der Waals surface area contributed by atoms with Gasteiger partial charge in [-0.3, -0.25) is 9.69 Å². The summed E-state index contributed by atoms with van der Waals surface area (Å²) < 4.78 is 27.5. The quantitative estimate of drug-likeness (QED) is 0.526. The van der Waals surface area contributed by atoms with Crippen molar-refractivity contribution >= 4 is 15.9 Å². The average Bonchev–Trinajstić information content (AvgIpc) is 2.89. The van der Waals surface area contributed by atoms with Crippen molar-refractivity contribution in [3.63, 3.8) is 0 Å². The van der Waals surface area contributed by atoms with Gasteiger partial charge in [0.15, 0.2) is 0 Å². The predicted octanol–water partition coefficient (Wildman–Crippen LogP) is 2.99. The molecular formula is C27H28N4O3S. The summed E-state index contributed by atoms with van der Waals surface area (Å²) in [4.78, 5) is 14.3. The normalized spacial score (nSPS) is 14.8. The molecule has 1 N–H and O–H groups in total. The Bertz CT molecular complexity index is 1290. The number of nitriles is 1. The molecule has 1 aliphatic rings. The topological polar surface area (TPSA) is 93.5 Å². The van der Waals surface area contributed by atoms with Crippen molar-refractivity contribution in [1.29, 1.82) is 5.26 Å². The molecule has 7 nitrogen and oxygen atoms in total. The number of carbonyl (C=O) groups excluding carboxylic acids is 1. The second-order valence-electron chi connectivity index (χ2n) is 8.55. The van der Waals surface area contributed by atoms with Crippen molar-refractivity contribution in [3.05, 3.63) is 95.6 Å². The Labute approximate surface area is 206 Å². The summed E-state index contributed by atoms with van der Waals surface area (Å²) in [5.74, 6) is -0.145. The van der Waals surface area contributed by atoms with Gasteiger partial charge in [-0.05, 0) is 28.3 Å². The molecule has 4 rings (SSSR count). The molecule has 35 heavy (non-hydrogen) atoms. The standard InChI is InChI=1S/C27H28N4O3S/c28-18-25-8-4-5-9-26(25)24-12-10-23(11-13-24)21-35(33,34)31-16-14-30(15-17-31)20-27(32)29-19-22-6-2-1-3-7-22/h1-13H,14-17,19-21H2,(H,29,32). The zero-order chi connectivity index (χ0) is 24.7. The fraction of sp³-hybridized carbons (Fsp3) is 0.259. The minimum atomic E-state index is -3.47. The molecule has 1 saturated heterocycles. The van der Waals surface area contributed by atoms with Crippen LogP contribution in [-0.4, -0.2) is 56.3 Å². The van der Waals surface area contributed by atoms with E-state index in [9.17, 15) is 18.5 Å². The number of hydrogen-bond donors (Lipinski definition) is 1. The largest absolute Gasteiger partial charge is 0.351 e. The Balaban J connectivity index is 1.28. The van der Waals surface area contributed by atoms with E-state index in [0.717, 1.165) is 16.7 Å². The van der Waals surface area contributed by atoms with Gasteiger partial charge in [0.25, 0.3) is 0 Å². The van der Waals surface area contributed by atoms with Gasteiger partial charge >= 0.3 is 0 Å². The molecule has 0 spiro atoms. The van der Waals surface area contributed by atoms with Crippen molar-refractivity contribution in [2.75, 3.05) is 32.7 Å². The third kappa shape index (κ3) is 6.55. The zero-order valence-electron chi connectivity index (χ0n) is 19.4. The van der Waals surface area contributed by atoms with E-state index in [2.05, 4.69) is 11.4 Å². The summed E-state index contributed by atoms with van der Waals surface area (Å²) in [6.45, 7) is 2.49. The van der Waals surface area contributed by atoms with Crippen molar-refractivity contribution < 1.29 is 13.2 Å². The van der Waals surface area contributed by atoms with E-state index in [4.69, 9.17) is 0 Å². The molecule has 1 aliphatic heterocycles. The summed E-state index contributed by atoms with van der Waals surface area (Å²) >= 11 is 0. The summed E-state index contributed by atoms with van der Waals surface area (Å²) in [6.07, 6.45) is 0. The Morgan fingerprint density at radius 3 is 2.20 bits per heavy atom. The number of benzene rings is 3. The second-order valence-corrected chi connectivity index (χ2v) is 10.5. The van der Waals surface area contributed by atoms with Gasteiger partial charge in [-0.25, -0.2) is 8.42 Å². The number of nitrogens with zero attached hydrogens (tertiary/aromatic N) is 3. The Kier molecular flexibility index (Phi) is 7.93. The molecule has 0 bridgehead atoms. The molecule has 1 heterocycles. The maximum Gasteiger partial charge on any atom is 0.234 e. The average molecular weight is 489 g/mol. The molecule has 8 heteroatoms. The van der Waals surface area contributed by atoms with Crippen molar-refractivity contribution in [2.24, 2.45) is 0 Å². The predicted molar refractivity (Wildman–Crippen MR) is 136 cm³/mol. The number of piperazine rings is 1. The van der Waals surface area contributed by atoms with E-state index in [0.29, 0.717) is 43.9 Å². The molecule has 1 fully saturated rings. The third-order valence-corrected chi connectivity index (χ3v) is 7.94. The number of amides is 1. The molecule has 1 amide bonds. The SMILES string of the molecule is N#Cc1ccccc1-c1ccc(CS(=O)(=O)N2CCN(CC(=O)NCc3ccccc3)CC2)cc1. The van der Waals surface area contributed by atoms with E-state index in [1.165, 1.54) is 4.31 Å². The molecule has 0 unspecified atom stereocenters. The number of hydrogen-bond acceptors (Lipinski definition) is 5. The van der Waals surface area contributed by atoms with E-state index in [1.54, 1.807) is 18.2 Å². The highest BCUT2D eigenvalue weighted by Gasteiger charge is 2.27. The number of nitrogens with one attached hydrogen (secondary N) is 1. The van der Waals surface area contributed by atoms with Gasteiger partial charge in [-0.1, -0.05) is 72.8 Å². The molecule has 0 aliphatic carbocycles. The van der Waals surface area contributed by atoms with Gasteiger partial charge in [0.05, 0.1) is 23.9 Å². The van der Waals surface area contributed by atoms with Crippen molar-refractivity contribution in [3.8, 4) is 17.2 Å². The van der Waals surface area contributed by atoms with Crippen LogP contribution in [0.1, 0.15) is 16.7 Å². The Hall–Kier alpha value is -3.51. The zero-order valence-corrected chi connectivity index (χ0v) is 20.2. The highest BCUT2D eigenvalue weighted by atomic mass is 32.2. The molecule has 0 atom stereocenters. The molecule has 3 aromatic rings. The summed E-state index contributed by atoms with van der Waals surface area (Å²) in [5.41, 5.74) is 4.03. The van der Waals surface area contributed by atoms with Gasteiger partial charge < -0.3 is 5.32 Å². The van der Waals surface area contributed by atoms with Crippen LogP contribution in [0, 0.1) is 11.3 Å². The first kappa shape index (κ1) is 24.6. The van der Waals surface area contributed by atoms with E-state index in [1.807, 2.05) is 65.6 Å². The van der Waals surface area contributed by atoms with E-state index < -0.39 is 10.0 Å². The van der Waals surface area contributed by atoms with Crippen LogP contribution in [0.2, 0.25) is 0 Å². The van der Waals surface area contributed by atoms with Crippen LogP contribution in [-0.2, 0) is 27.1 Å². The molecule has 0 radical (unpaired) electrons. The summed E-state index contributed by atoms with van der Waals surface area (Å²) in [5, 5.41) is 12.2. The molecule has 3 aromatic carbocycles. The molecule has 180 valence electrons. The Morgan fingerprint density at radius 1 is 0.857 bits per heavy atom. The van der Waals surface area contributed by atoms with Crippen LogP contribution < -0.4 is 5.32 Å². The lowest BCUT2D eigenvalue weighted by molar-refractivity contribution is -0.122. The van der Waals surface area contributed by atoms with Crippen molar-refractivity contribution in [2.45, 2.75) is 12.3 Å². The minimum Gasteiger partial charge on any atom is -0.351 e. The number of sulfonamides is 1. The Morgan fingerprint density at radius 2 is 1.51 bits per heavy atom. The van der Waals surface area contributed by atoms with Crippen LogP contribution in [0.3, 0.4) is 0 Å². The highest BCUT2D eigenvalue weighted by molar-refractivity contribution is 7.88. The fourth-order valence-corrected chi connectivity index (χ4v) is 5.65. The van der Waals surface area contributed by atoms with Crippen LogP contribution in [0.25, 0.3) is 11.1 Å². The van der Waals surface area contributed by atoms with Gasteiger partial charge in [-0.2, -0.15) is 9.57 Å². The van der Waals surface area contributed by atoms with Crippen LogP contribution in [0.15, 0.2) is 78.9 Å². The number of rotatable bonds is 8. The van der Waals surface area contributed by atoms with E-state index >= 15 is 0 Å². The smallest absolute Gasteiger partial charge is 0.234 e. The summed E-state index contributed by atoms with van der Waals surface area (Å²) in [7, 11) is -3.47. The second kappa shape index (κ2) is 11.3. The lowest BCUT2D eigenvalue weighted by Crippen LogP contribution is -2.51.